The van der Waals surface area contributed by atoms with Crippen molar-refractivity contribution in [3.63, 3.8) is 0 Å². The summed E-state index contributed by atoms with van der Waals surface area (Å²) in [6.07, 6.45) is 6.95. The van der Waals surface area contributed by atoms with Gasteiger partial charge in [0.2, 0.25) is 0 Å². The summed E-state index contributed by atoms with van der Waals surface area (Å²) in [7, 11) is 0. The van der Waals surface area contributed by atoms with E-state index in [1.807, 2.05) is 12.4 Å². The van der Waals surface area contributed by atoms with E-state index in [9.17, 15) is 0 Å². The molecule has 0 bridgehead atoms. The average molecular weight is 246 g/mol. The molecule has 0 spiro atoms. The SMILES string of the molecule is CCCn1c(C(C)CCCN)nc2cnccc21. The van der Waals surface area contributed by atoms with E-state index >= 15 is 0 Å². The summed E-state index contributed by atoms with van der Waals surface area (Å²) in [5, 5.41) is 0. The molecule has 2 N–H and O–H groups in total. The van der Waals surface area contributed by atoms with Crippen LogP contribution in [0.1, 0.15) is 44.9 Å². The van der Waals surface area contributed by atoms with Crippen molar-refractivity contribution in [3.05, 3.63) is 24.3 Å². The molecule has 0 radical (unpaired) electrons. The first-order chi connectivity index (χ1) is 8.77. The molecule has 0 aliphatic carbocycles. The van der Waals surface area contributed by atoms with Gasteiger partial charge >= 0.3 is 0 Å². The Kier molecular flexibility index (Phi) is 4.31. The topological polar surface area (TPSA) is 56.7 Å². The van der Waals surface area contributed by atoms with Crippen molar-refractivity contribution < 1.29 is 0 Å². The Balaban J connectivity index is 2.38. The second kappa shape index (κ2) is 5.96. The number of fused-ring (bicyclic) bond motifs is 1. The molecule has 1 atom stereocenters. The molecule has 0 fully saturated rings. The summed E-state index contributed by atoms with van der Waals surface area (Å²) in [5.74, 6) is 1.63. The van der Waals surface area contributed by atoms with Crippen LogP contribution >= 0.6 is 0 Å². The molecule has 98 valence electrons. The van der Waals surface area contributed by atoms with E-state index < -0.39 is 0 Å². The molecule has 4 heteroatoms. The summed E-state index contributed by atoms with van der Waals surface area (Å²) in [5.41, 5.74) is 7.79. The van der Waals surface area contributed by atoms with Gasteiger partial charge in [-0.05, 0) is 31.9 Å². The fourth-order valence-electron chi connectivity index (χ4n) is 2.39. The van der Waals surface area contributed by atoms with Crippen molar-refractivity contribution in [1.82, 2.24) is 14.5 Å². The molecule has 18 heavy (non-hydrogen) atoms. The second-order valence-electron chi connectivity index (χ2n) is 4.82. The number of rotatable bonds is 6. The lowest BCUT2D eigenvalue weighted by Crippen LogP contribution is -2.09. The molecular weight excluding hydrogens is 224 g/mol. The normalized spacial score (nSPS) is 13.1. The van der Waals surface area contributed by atoms with Gasteiger partial charge in [-0.15, -0.1) is 0 Å². The number of aryl methyl sites for hydroxylation is 1. The standard InChI is InChI=1S/C14H22N4/c1-3-9-18-13-6-8-16-10-12(13)17-14(18)11(2)5-4-7-15/h6,8,10-11H,3-5,7,9,15H2,1-2H3. The molecule has 2 aromatic rings. The van der Waals surface area contributed by atoms with Gasteiger partial charge in [0.15, 0.2) is 0 Å². The minimum absolute atomic E-state index is 0.451. The van der Waals surface area contributed by atoms with E-state index in [0.717, 1.165) is 37.9 Å². The Labute approximate surface area is 108 Å². The Morgan fingerprint density at radius 3 is 3.00 bits per heavy atom. The average Bonchev–Trinajstić information content (AvgIpc) is 2.76. The van der Waals surface area contributed by atoms with Crippen LogP contribution in [-0.4, -0.2) is 21.1 Å². The Bertz CT molecular complexity index is 503. The third-order valence-corrected chi connectivity index (χ3v) is 3.31. The molecule has 0 aliphatic rings. The molecule has 0 aliphatic heterocycles. The lowest BCUT2D eigenvalue weighted by Gasteiger charge is -2.13. The molecular formula is C14H22N4. The van der Waals surface area contributed by atoms with Crippen LogP contribution in [0.4, 0.5) is 0 Å². The van der Waals surface area contributed by atoms with Crippen LogP contribution in [-0.2, 0) is 6.54 Å². The van der Waals surface area contributed by atoms with Gasteiger partial charge in [-0.25, -0.2) is 4.98 Å². The van der Waals surface area contributed by atoms with Gasteiger partial charge in [0, 0.05) is 18.7 Å². The highest BCUT2D eigenvalue weighted by Gasteiger charge is 2.15. The number of nitrogens with two attached hydrogens (primary N) is 1. The van der Waals surface area contributed by atoms with Crippen LogP contribution in [0.3, 0.4) is 0 Å². The van der Waals surface area contributed by atoms with E-state index in [2.05, 4.69) is 29.5 Å². The van der Waals surface area contributed by atoms with Gasteiger partial charge in [-0.2, -0.15) is 0 Å². The lowest BCUT2D eigenvalue weighted by molar-refractivity contribution is 0.559. The van der Waals surface area contributed by atoms with Crippen molar-refractivity contribution in [2.45, 2.75) is 45.6 Å². The van der Waals surface area contributed by atoms with Gasteiger partial charge < -0.3 is 10.3 Å². The maximum absolute atomic E-state index is 5.59. The largest absolute Gasteiger partial charge is 0.330 e. The molecule has 4 nitrogen and oxygen atoms in total. The highest BCUT2D eigenvalue weighted by Crippen LogP contribution is 2.24. The first-order valence-corrected chi connectivity index (χ1v) is 6.78. The fourth-order valence-corrected chi connectivity index (χ4v) is 2.39. The smallest absolute Gasteiger partial charge is 0.112 e. The van der Waals surface area contributed by atoms with Crippen LogP contribution < -0.4 is 5.73 Å². The van der Waals surface area contributed by atoms with Gasteiger partial charge in [0.1, 0.15) is 11.3 Å². The number of hydrogen-bond acceptors (Lipinski definition) is 3. The van der Waals surface area contributed by atoms with Crippen LogP contribution in [0.25, 0.3) is 11.0 Å². The summed E-state index contributed by atoms with van der Waals surface area (Å²) >= 11 is 0. The maximum atomic E-state index is 5.59. The summed E-state index contributed by atoms with van der Waals surface area (Å²) in [4.78, 5) is 8.90. The molecule has 2 rings (SSSR count). The molecule has 0 saturated carbocycles. The molecule has 1 unspecified atom stereocenters. The van der Waals surface area contributed by atoms with Crippen molar-refractivity contribution in [1.29, 1.82) is 0 Å². The summed E-state index contributed by atoms with van der Waals surface area (Å²) in [6.45, 7) is 6.19. The Hall–Kier alpha value is -1.42. The van der Waals surface area contributed by atoms with Crippen molar-refractivity contribution >= 4 is 11.0 Å². The van der Waals surface area contributed by atoms with E-state index in [1.165, 1.54) is 11.3 Å². The van der Waals surface area contributed by atoms with Crippen LogP contribution in [0.5, 0.6) is 0 Å². The summed E-state index contributed by atoms with van der Waals surface area (Å²) in [6, 6.07) is 2.05. The minimum atomic E-state index is 0.451. The number of aromatic nitrogens is 3. The number of pyridine rings is 1. The molecule has 0 amide bonds. The van der Waals surface area contributed by atoms with E-state index in [-0.39, 0.29) is 0 Å². The van der Waals surface area contributed by atoms with Crippen LogP contribution in [0.15, 0.2) is 18.5 Å². The van der Waals surface area contributed by atoms with E-state index in [1.54, 1.807) is 0 Å². The van der Waals surface area contributed by atoms with Crippen molar-refractivity contribution in [3.8, 4) is 0 Å². The van der Waals surface area contributed by atoms with Crippen LogP contribution in [0.2, 0.25) is 0 Å². The highest BCUT2D eigenvalue weighted by molar-refractivity contribution is 5.74. The number of nitrogens with zero attached hydrogens (tertiary/aromatic N) is 3. The minimum Gasteiger partial charge on any atom is -0.330 e. The van der Waals surface area contributed by atoms with Gasteiger partial charge in [0.05, 0.1) is 11.7 Å². The predicted octanol–water partition coefficient (Wildman–Crippen LogP) is 2.68. The number of imidazole rings is 1. The second-order valence-corrected chi connectivity index (χ2v) is 4.82. The van der Waals surface area contributed by atoms with Crippen molar-refractivity contribution in [2.75, 3.05) is 6.54 Å². The third kappa shape index (κ3) is 2.53. The maximum Gasteiger partial charge on any atom is 0.112 e. The molecule has 2 heterocycles. The monoisotopic (exact) mass is 246 g/mol. The molecule has 0 aromatic carbocycles. The van der Waals surface area contributed by atoms with Gasteiger partial charge in [-0.3, -0.25) is 4.98 Å². The zero-order valence-corrected chi connectivity index (χ0v) is 11.3. The first-order valence-electron chi connectivity index (χ1n) is 6.78. The van der Waals surface area contributed by atoms with Gasteiger partial charge in [0.25, 0.3) is 0 Å². The first kappa shape index (κ1) is 13.0. The fraction of sp³-hybridized carbons (Fsp3) is 0.571. The zero-order valence-electron chi connectivity index (χ0n) is 11.3. The van der Waals surface area contributed by atoms with Crippen molar-refractivity contribution in [2.24, 2.45) is 5.73 Å². The molecule has 2 aromatic heterocycles. The van der Waals surface area contributed by atoms with E-state index in [0.29, 0.717) is 5.92 Å². The summed E-state index contributed by atoms with van der Waals surface area (Å²) < 4.78 is 2.33. The Morgan fingerprint density at radius 2 is 2.28 bits per heavy atom. The Morgan fingerprint density at radius 1 is 1.44 bits per heavy atom. The predicted molar refractivity (Wildman–Crippen MR) is 74.5 cm³/mol. The lowest BCUT2D eigenvalue weighted by atomic mass is 10.0. The number of hydrogen-bond donors (Lipinski definition) is 1. The van der Waals surface area contributed by atoms with Gasteiger partial charge in [-0.1, -0.05) is 13.8 Å². The quantitative estimate of drug-likeness (QED) is 0.852. The molecule has 0 saturated heterocycles. The van der Waals surface area contributed by atoms with Crippen LogP contribution in [0, 0.1) is 0 Å². The highest BCUT2D eigenvalue weighted by atomic mass is 15.1. The third-order valence-electron chi connectivity index (χ3n) is 3.31. The van der Waals surface area contributed by atoms with E-state index in [4.69, 9.17) is 10.7 Å². The zero-order chi connectivity index (χ0) is 13.0.